The first kappa shape index (κ1) is 7.53. The molecule has 11 heavy (non-hydrogen) atoms. The molecule has 0 spiro atoms. The Kier molecular flexibility index (Phi) is 1.67. The lowest BCUT2D eigenvalue weighted by Gasteiger charge is -2.44. The van der Waals surface area contributed by atoms with E-state index in [1.54, 1.807) is 0 Å². The summed E-state index contributed by atoms with van der Waals surface area (Å²) in [6.07, 6.45) is 4.12. The monoisotopic (exact) mass is 157 g/mol. The molecule has 0 aromatic heterocycles. The Morgan fingerprint density at radius 1 is 1.36 bits per heavy atom. The summed E-state index contributed by atoms with van der Waals surface area (Å²) in [7, 11) is 0. The van der Waals surface area contributed by atoms with Crippen molar-refractivity contribution in [2.24, 2.45) is 0 Å². The van der Waals surface area contributed by atoms with Crippen LogP contribution in [-0.2, 0) is 0 Å². The van der Waals surface area contributed by atoms with E-state index in [4.69, 9.17) is 5.11 Å². The fourth-order valence-electron chi connectivity index (χ4n) is 2.65. The van der Waals surface area contributed by atoms with Crippen LogP contribution in [-0.4, -0.2) is 35.0 Å². The van der Waals surface area contributed by atoms with E-state index in [-0.39, 0.29) is 17.3 Å². The Balaban J connectivity index is 2.16. The molecule has 2 rings (SSSR count). The molecule has 0 saturated carbocycles. The lowest BCUT2D eigenvalue weighted by molar-refractivity contribution is -0.903. The predicted octanol–water partition coefficient (Wildman–Crippen LogP) is 0.618. The second kappa shape index (κ2) is 2.44. The van der Waals surface area contributed by atoms with Crippen molar-refractivity contribution in [3.8, 4) is 0 Å². The average molecular weight is 157 g/mol. The van der Waals surface area contributed by atoms with E-state index in [1.165, 1.54) is 0 Å². The van der Waals surface area contributed by atoms with Crippen LogP contribution in [0.5, 0.6) is 0 Å². The van der Waals surface area contributed by atoms with Gasteiger partial charge in [-0.3, -0.25) is 0 Å². The summed E-state index contributed by atoms with van der Waals surface area (Å²) in [6, 6.07) is 0.328. The minimum absolute atomic E-state index is 0.00231. The number of hydroxylamine groups is 3. The van der Waals surface area contributed by atoms with Gasteiger partial charge in [-0.05, 0) is 0 Å². The molecule has 0 aromatic rings. The van der Waals surface area contributed by atoms with Crippen LogP contribution in [0, 0.1) is 5.21 Å². The molecule has 64 valence electrons. The van der Waals surface area contributed by atoms with Gasteiger partial charge in [0.1, 0.15) is 6.04 Å². The van der Waals surface area contributed by atoms with Gasteiger partial charge < -0.3 is 15.0 Å². The summed E-state index contributed by atoms with van der Waals surface area (Å²) in [5, 5.41) is 21.0. The maximum absolute atomic E-state index is 12.0. The minimum Gasteiger partial charge on any atom is -0.632 e. The summed E-state index contributed by atoms with van der Waals surface area (Å²) in [6.45, 7) is 0.829. The number of fused-ring (bicyclic) bond motifs is 1. The molecular formula is C8H15NO2. The lowest BCUT2D eigenvalue weighted by Crippen LogP contribution is -2.49. The molecule has 1 N–H and O–H groups in total. The molecule has 0 bridgehead atoms. The third kappa shape index (κ3) is 0.916. The maximum Gasteiger partial charge on any atom is 0.113 e. The van der Waals surface area contributed by atoms with Crippen LogP contribution >= 0.6 is 0 Å². The highest BCUT2D eigenvalue weighted by atomic mass is 16.6. The topological polar surface area (TPSA) is 43.3 Å². The van der Waals surface area contributed by atoms with E-state index in [0.717, 1.165) is 32.2 Å². The number of hydrogen-bond donors (Lipinski definition) is 1. The highest BCUT2D eigenvalue weighted by Gasteiger charge is 2.45. The van der Waals surface area contributed by atoms with E-state index in [2.05, 4.69) is 0 Å². The quantitative estimate of drug-likeness (QED) is 0.448. The zero-order valence-corrected chi connectivity index (χ0v) is 6.70. The third-order valence-corrected chi connectivity index (χ3v) is 3.32. The van der Waals surface area contributed by atoms with Gasteiger partial charge in [-0.1, -0.05) is 0 Å². The Morgan fingerprint density at radius 3 is 2.91 bits per heavy atom. The van der Waals surface area contributed by atoms with Crippen molar-refractivity contribution in [2.75, 3.05) is 13.2 Å². The first-order chi connectivity index (χ1) is 5.27. The third-order valence-electron chi connectivity index (χ3n) is 3.32. The molecule has 0 amide bonds. The zero-order chi connectivity index (χ0) is 7.90. The van der Waals surface area contributed by atoms with Crippen LogP contribution in [0.25, 0.3) is 0 Å². The van der Waals surface area contributed by atoms with Gasteiger partial charge in [0.05, 0.1) is 19.2 Å². The van der Waals surface area contributed by atoms with Crippen LogP contribution < -0.4 is 0 Å². The molecule has 3 heteroatoms. The van der Waals surface area contributed by atoms with Gasteiger partial charge in [-0.25, -0.2) is 0 Å². The second-order valence-electron chi connectivity index (χ2n) is 3.79. The van der Waals surface area contributed by atoms with E-state index >= 15 is 0 Å². The van der Waals surface area contributed by atoms with E-state index in [0.29, 0.717) is 6.04 Å². The van der Waals surface area contributed by atoms with E-state index < -0.39 is 0 Å². The molecule has 0 radical (unpaired) electrons. The highest BCUT2D eigenvalue weighted by Crippen LogP contribution is 2.39. The van der Waals surface area contributed by atoms with Crippen molar-refractivity contribution in [3.63, 3.8) is 0 Å². The number of quaternary nitrogens is 1. The number of hydrogen-bond acceptors (Lipinski definition) is 2. The summed E-state index contributed by atoms with van der Waals surface area (Å²) in [5.74, 6) is 0. The van der Waals surface area contributed by atoms with Crippen LogP contribution in [0.2, 0.25) is 0 Å². The van der Waals surface area contributed by atoms with Gasteiger partial charge >= 0.3 is 0 Å². The number of aliphatic hydroxyl groups is 1. The Hall–Kier alpha value is -0.120. The molecule has 3 nitrogen and oxygen atoms in total. The fourth-order valence-corrected chi connectivity index (χ4v) is 2.65. The van der Waals surface area contributed by atoms with Gasteiger partial charge in [0.2, 0.25) is 0 Å². The summed E-state index contributed by atoms with van der Waals surface area (Å²) >= 11 is 0. The normalized spacial score (nSPS) is 49.6. The average Bonchev–Trinajstić information content (AvgIpc) is 2.44. The maximum atomic E-state index is 12.0. The Bertz CT molecular complexity index is 162. The van der Waals surface area contributed by atoms with Crippen LogP contribution in [0.1, 0.15) is 25.7 Å². The molecule has 3 atom stereocenters. The van der Waals surface area contributed by atoms with Gasteiger partial charge in [-0.15, -0.1) is 0 Å². The molecule has 2 aliphatic rings. The Morgan fingerprint density at radius 2 is 2.18 bits per heavy atom. The predicted molar refractivity (Wildman–Crippen MR) is 41.6 cm³/mol. The molecular weight excluding hydrogens is 142 g/mol. The summed E-state index contributed by atoms with van der Waals surface area (Å²) < 4.78 is -0.0729. The van der Waals surface area contributed by atoms with Crippen molar-refractivity contribution in [3.05, 3.63) is 5.21 Å². The molecule has 0 aromatic carbocycles. The van der Waals surface area contributed by atoms with Crippen molar-refractivity contribution in [1.82, 2.24) is 0 Å². The van der Waals surface area contributed by atoms with Crippen LogP contribution in [0.4, 0.5) is 0 Å². The number of aliphatic hydroxyl groups excluding tert-OH is 1. The molecule has 2 aliphatic heterocycles. The number of nitrogens with zero attached hydrogens (tertiary/aromatic N) is 1. The van der Waals surface area contributed by atoms with Gasteiger partial charge in [0.15, 0.2) is 0 Å². The molecule has 2 saturated heterocycles. The summed E-state index contributed by atoms with van der Waals surface area (Å²) in [4.78, 5) is 0. The van der Waals surface area contributed by atoms with E-state index in [1.807, 2.05) is 0 Å². The van der Waals surface area contributed by atoms with Crippen LogP contribution in [0.15, 0.2) is 0 Å². The smallest absolute Gasteiger partial charge is 0.113 e. The van der Waals surface area contributed by atoms with Gasteiger partial charge in [-0.2, -0.15) is 0 Å². The molecule has 2 fully saturated rings. The van der Waals surface area contributed by atoms with Crippen molar-refractivity contribution < 1.29 is 9.75 Å². The van der Waals surface area contributed by atoms with Crippen molar-refractivity contribution in [1.29, 1.82) is 0 Å². The SMILES string of the molecule is [O-][N+]12CCCC1CCC2CO. The lowest BCUT2D eigenvalue weighted by atomic mass is 10.1. The molecule has 2 heterocycles. The standard InChI is InChI=1S/C8H15NO2/c10-6-8-4-3-7-2-1-5-9(7,8)11/h7-8,10H,1-6H2. The van der Waals surface area contributed by atoms with Crippen molar-refractivity contribution in [2.45, 2.75) is 37.8 Å². The number of rotatable bonds is 1. The first-order valence-electron chi connectivity index (χ1n) is 4.46. The van der Waals surface area contributed by atoms with Crippen LogP contribution in [0.3, 0.4) is 0 Å². The fraction of sp³-hybridized carbons (Fsp3) is 1.00. The Labute approximate surface area is 66.8 Å². The minimum atomic E-state index is -0.0729. The molecule has 3 unspecified atom stereocenters. The summed E-state index contributed by atoms with van der Waals surface area (Å²) in [5.41, 5.74) is 0. The molecule has 0 aliphatic carbocycles. The largest absolute Gasteiger partial charge is 0.632 e. The highest BCUT2D eigenvalue weighted by molar-refractivity contribution is 4.81. The van der Waals surface area contributed by atoms with Gasteiger partial charge in [0, 0.05) is 25.7 Å². The van der Waals surface area contributed by atoms with Crippen molar-refractivity contribution >= 4 is 0 Å². The first-order valence-corrected chi connectivity index (χ1v) is 4.46. The zero-order valence-electron chi connectivity index (χ0n) is 6.70. The van der Waals surface area contributed by atoms with E-state index in [9.17, 15) is 5.21 Å². The van der Waals surface area contributed by atoms with Gasteiger partial charge in [0.25, 0.3) is 0 Å². The second-order valence-corrected chi connectivity index (χ2v) is 3.79.